The molecule has 0 saturated carbocycles. The molecule has 23 heavy (non-hydrogen) atoms. The number of amides is 1. The van der Waals surface area contributed by atoms with Gasteiger partial charge in [-0.25, -0.2) is 5.43 Å². The highest BCUT2D eigenvalue weighted by atomic mass is 35.5. The van der Waals surface area contributed by atoms with Crippen molar-refractivity contribution in [2.24, 2.45) is 5.10 Å². The summed E-state index contributed by atoms with van der Waals surface area (Å²) >= 11 is 5.82. The lowest BCUT2D eigenvalue weighted by Gasteiger charge is -2.08. The molecule has 5 nitrogen and oxygen atoms in total. The maximum absolute atomic E-state index is 11.7. The van der Waals surface area contributed by atoms with Crippen molar-refractivity contribution >= 4 is 23.7 Å². The van der Waals surface area contributed by atoms with Gasteiger partial charge < -0.3 is 9.84 Å². The Morgan fingerprint density at radius 3 is 2.83 bits per heavy atom. The van der Waals surface area contributed by atoms with Crippen molar-refractivity contribution in [3.8, 4) is 11.5 Å². The van der Waals surface area contributed by atoms with Crippen LogP contribution in [0.15, 0.2) is 41.5 Å². The highest BCUT2D eigenvalue weighted by molar-refractivity contribution is 6.30. The first-order chi connectivity index (χ1) is 11.0. The third kappa shape index (κ3) is 5.00. The van der Waals surface area contributed by atoms with E-state index in [2.05, 4.69) is 10.5 Å². The number of nitrogens with one attached hydrogen (secondary N) is 1. The molecule has 6 heteroatoms. The summed E-state index contributed by atoms with van der Waals surface area (Å²) in [5.74, 6) is 0.281. The van der Waals surface area contributed by atoms with Crippen molar-refractivity contribution in [3.63, 3.8) is 0 Å². The number of carbonyl (C=O) groups is 1. The molecule has 2 N–H and O–H groups in total. The molecule has 120 valence electrons. The van der Waals surface area contributed by atoms with E-state index in [1.807, 2.05) is 32.0 Å². The summed E-state index contributed by atoms with van der Waals surface area (Å²) in [5, 5.41) is 13.9. The molecular weight excluding hydrogens is 316 g/mol. The number of nitrogens with zero attached hydrogens (tertiary/aromatic N) is 1. The number of hydrogen-bond donors (Lipinski definition) is 2. The molecule has 0 aromatic heterocycles. The summed E-state index contributed by atoms with van der Waals surface area (Å²) in [4.78, 5) is 11.7. The predicted molar refractivity (Wildman–Crippen MR) is 90.3 cm³/mol. The fraction of sp³-hybridized carbons (Fsp3) is 0.176. The number of aryl methyl sites for hydroxylation is 2. The number of hydrazone groups is 1. The largest absolute Gasteiger partial charge is 0.507 e. The van der Waals surface area contributed by atoms with E-state index >= 15 is 0 Å². The molecule has 0 aliphatic heterocycles. The van der Waals surface area contributed by atoms with Gasteiger partial charge in [-0.15, -0.1) is 0 Å². The van der Waals surface area contributed by atoms with Gasteiger partial charge in [0.2, 0.25) is 0 Å². The quantitative estimate of drug-likeness (QED) is 0.652. The number of benzene rings is 2. The van der Waals surface area contributed by atoms with Crippen molar-refractivity contribution in [2.75, 3.05) is 6.61 Å². The van der Waals surface area contributed by atoms with Crippen LogP contribution in [0, 0.1) is 13.8 Å². The minimum Gasteiger partial charge on any atom is -0.507 e. The molecule has 0 atom stereocenters. The van der Waals surface area contributed by atoms with Crippen molar-refractivity contribution in [1.82, 2.24) is 5.43 Å². The average Bonchev–Trinajstić information content (AvgIpc) is 2.50. The Hall–Kier alpha value is -2.53. The lowest BCUT2D eigenvalue weighted by molar-refractivity contribution is -0.123. The van der Waals surface area contributed by atoms with Crippen LogP contribution < -0.4 is 10.2 Å². The second-order valence-electron chi connectivity index (χ2n) is 5.05. The zero-order valence-electron chi connectivity index (χ0n) is 12.8. The number of hydrogen-bond acceptors (Lipinski definition) is 4. The number of phenolic OH excluding ortho intramolecular Hbond substituents is 1. The maximum atomic E-state index is 11.7. The molecule has 0 aliphatic carbocycles. The van der Waals surface area contributed by atoms with Crippen LogP contribution >= 0.6 is 11.6 Å². The molecule has 0 spiro atoms. The second kappa shape index (κ2) is 7.65. The number of halogens is 1. The highest BCUT2D eigenvalue weighted by Gasteiger charge is 2.04. The van der Waals surface area contributed by atoms with Crippen LogP contribution in [0.1, 0.15) is 16.7 Å². The molecule has 0 bridgehead atoms. The first-order valence-electron chi connectivity index (χ1n) is 6.96. The van der Waals surface area contributed by atoms with Crippen LogP contribution in [0.25, 0.3) is 0 Å². The Labute approximate surface area is 139 Å². The first kappa shape index (κ1) is 16.8. The molecule has 2 rings (SSSR count). The average molecular weight is 333 g/mol. The Bertz CT molecular complexity index is 745. The third-order valence-corrected chi connectivity index (χ3v) is 3.31. The minimum atomic E-state index is -0.400. The van der Waals surface area contributed by atoms with Gasteiger partial charge in [0.25, 0.3) is 5.91 Å². The van der Waals surface area contributed by atoms with E-state index in [0.29, 0.717) is 16.3 Å². The summed E-state index contributed by atoms with van der Waals surface area (Å²) in [5.41, 5.74) is 4.83. The molecule has 2 aromatic rings. The van der Waals surface area contributed by atoms with Crippen LogP contribution in [-0.2, 0) is 4.79 Å². The third-order valence-electron chi connectivity index (χ3n) is 3.07. The standard InChI is InChI=1S/C17H17ClN2O3/c1-11-3-6-16(12(2)7-11)23-10-17(22)20-19-9-13-8-14(18)4-5-15(13)21/h3-9,21H,10H2,1-2H3,(H,20,22)/b19-9-. The van der Waals surface area contributed by atoms with Gasteiger partial charge in [0.15, 0.2) is 6.61 Å². The van der Waals surface area contributed by atoms with Gasteiger partial charge in [-0.3, -0.25) is 4.79 Å². The smallest absolute Gasteiger partial charge is 0.277 e. The maximum Gasteiger partial charge on any atom is 0.277 e. The van der Waals surface area contributed by atoms with Crippen LogP contribution in [0.4, 0.5) is 0 Å². The van der Waals surface area contributed by atoms with Crippen molar-refractivity contribution < 1.29 is 14.6 Å². The van der Waals surface area contributed by atoms with Gasteiger partial charge >= 0.3 is 0 Å². The van der Waals surface area contributed by atoms with E-state index in [1.54, 1.807) is 12.1 Å². The molecular formula is C17H17ClN2O3. The van der Waals surface area contributed by atoms with Gasteiger partial charge in [-0.1, -0.05) is 29.3 Å². The summed E-state index contributed by atoms with van der Waals surface area (Å²) in [6.07, 6.45) is 1.32. The van der Waals surface area contributed by atoms with E-state index in [1.165, 1.54) is 12.3 Å². The predicted octanol–water partition coefficient (Wildman–Crippen LogP) is 3.19. The van der Waals surface area contributed by atoms with E-state index in [9.17, 15) is 9.90 Å². The zero-order chi connectivity index (χ0) is 16.8. The van der Waals surface area contributed by atoms with E-state index in [-0.39, 0.29) is 12.4 Å². The van der Waals surface area contributed by atoms with E-state index in [0.717, 1.165) is 11.1 Å². The Balaban J connectivity index is 1.87. The van der Waals surface area contributed by atoms with Gasteiger partial charge in [0.05, 0.1) is 6.21 Å². The fourth-order valence-electron chi connectivity index (χ4n) is 1.94. The van der Waals surface area contributed by atoms with Gasteiger partial charge in [0, 0.05) is 10.6 Å². The Kier molecular flexibility index (Phi) is 5.60. The first-order valence-corrected chi connectivity index (χ1v) is 7.34. The van der Waals surface area contributed by atoms with Crippen molar-refractivity contribution in [3.05, 3.63) is 58.1 Å². The van der Waals surface area contributed by atoms with Gasteiger partial charge in [-0.05, 0) is 43.7 Å². The van der Waals surface area contributed by atoms with Crippen LogP contribution in [-0.4, -0.2) is 23.8 Å². The summed E-state index contributed by atoms with van der Waals surface area (Å²) in [6, 6.07) is 10.3. The number of carbonyl (C=O) groups excluding carboxylic acids is 1. The minimum absolute atomic E-state index is 0.0268. The van der Waals surface area contributed by atoms with E-state index in [4.69, 9.17) is 16.3 Å². The van der Waals surface area contributed by atoms with Crippen molar-refractivity contribution in [1.29, 1.82) is 0 Å². The lowest BCUT2D eigenvalue weighted by Crippen LogP contribution is -2.24. The monoisotopic (exact) mass is 332 g/mol. The van der Waals surface area contributed by atoms with Crippen LogP contribution in [0.3, 0.4) is 0 Å². The number of ether oxygens (including phenoxy) is 1. The number of phenols is 1. The fourth-order valence-corrected chi connectivity index (χ4v) is 2.12. The number of rotatable bonds is 5. The molecule has 1 amide bonds. The topological polar surface area (TPSA) is 70.9 Å². The molecule has 0 unspecified atom stereocenters. The molecule has 0 aliphatic rings. The van der Waals surface area contributed by atoms with E-state index < -0.39 is 5.91 Å². The summed E-state index contributed by atoms with van der Waals surface area (Å²) in [6.45, 7) is 3.76. The summed E-state index contributed by atoms with van der Waals surface area (Å²) < 4.78 is 5.44. The van der Waals surface area contributed by atoms with Gasteiger partial charge in [-0.2, -0.15) is 5.10 Å². The Morgan fingerprint density at radius 2 is 2.09 bits per heavy atom. The van der Waals surface area contributed by atoms with Gasteiger partial charge in [0.1, 0.15) is 11.5 Å². The number of aromatic hydroxyl groups is 1. The highest BCUT2D eigenvalue weighted by Crippen LogP contribution is 2.20. The zero-order valence-corrected chi connectivity index (χ0v) is 13.6. The van der Waals surface area contributed by atoms with Crippen molar-refractivity contribution in [2.45, 2.75) is 13.8 Å². The normalized spacial score (nSPS) is 10.7. The molecule has 0 heterocycles. The summed E-state index contributed by atoms with van der Waals surface area (Å²) in [7, 11) is 0. The lowest BCUT2D eigenvalue weighted by atomic mass is 10.1. The van der Waals surface area contributed by atoms with Crippen LogP contribution in [0.5, 0.6) is 11.5 Å². The SMILES string of the molecule is Cc1ccc(OCC(=O)N/N=C\c2cc(Cl)ccc2O)c(C)c1. The molecule has 2 aromatic carbocycles. The molecule has 0 fully saturated rings. The Morgan fingerprint density at radius 1 is 1.30 bits per heavy atom. The second-order valence-corrected chi connectivity index (χ2v) is 5.49. The molecule has 0 radical (unpaired) electrons. The molecule has 0 saturated heterocycles. The van der Waals surface area contributed by atoms with Crippen LogP contribution in [0.2, 0.25) is 5.02 Å².